The number of ether oxygens (including phenoxy) is 4. The predicted octanol–water partition coefficient (Wildman–Crippen LogP) is 6.73. The van der Waals surface area contributed by atoms with Crippen molar-refractivity contribution in [3.8, 4) is 39.8 Å². The van der Waals surface area contributed by atoms with E-state index in [0.717, 1.165) is 54.6 Å². The lowest BCUT2D eigenvalue weighted by Crippen LogP contribution is -2.33. The van der Waals surface area contributed by atoms with Crippen LogP contribution in [0.4, 0.5) is 0 Å². The molecule has 0 amide bonds. The summed E-state index contributed by atoms with van der Waals surface area (Å²) in [5.41, 5.74) is 4.74. The Morgan fingerprint density at radius 1 is 0.514 bits per heavy atom. The Labute approximate surface area is 212 Å². The number of benzene rings is 4. The highest BCUT2D eigenvalue weighted by molar-refractivity contribution is 9.10. The van der Waals surface area contributed by atoms with Crippen LogP contribution in [0.1, 0.15) is 0 Å². The van der Waals surface area contributed by atoms with Gasteiger partial charge in [-0.05, 0) is 36.4 Å². The van der Waals surface area contributed by atoms with Crippen molar-refractivity contribution in [2.75, 3.05) is 28.4 Å². The van der Waals surface area contributed by atoms with Gasteiger partial charge in [0.2, 0.25) is 16.7 Å². The molecule has 0 aliphatic carbocycles. The van der Waals surface area contributed by atoms with Crippen molar-refractivity contribution in [2.45, 2.75) is 0 Å². The molecular weight excluding hydrogens is 506 g/mol. The van der Waals surface area contributed by atoms with Crippen molar-refractivity contribution in [1.82, 2.24) is 0 Å². The third-order valence-electron chi connectivity index (χ3n) is 6.19. The lowest BCUT2D eigenvalue weighted by atomic mass is 9.92. The number of fused-ring (bicyclic) bond motifs is 2. The van der Waals surface area contributed by atoms with Crippen molar-refractivity contribution >= 4 is 37.7 Å². The molecule has 0 radical (unpaired) electrons. The van der Waals surface area contributed by atoms with Crippen LogP contribution in [0.5, 0.6) is 23.0 Å². The monoisotopic (exact) mass is 530 g/mol. The van der Waals surface area contributed by atoms with E-state index in [9.17, 15) is 0 Å². The molecule has 0 N–H and O–H groups in total. The summed E-state index contributed by atoms with van der Waals surface area (Å²) >= 11 is 3.56. The molecule has 0 aliphatic rings. The van der Waals surface area contributed by atoms with E-state index in [1.807, 2.05) is 54.6 Å². The number of methoxy groups -OCH3 is 4. The summed E-state index contributed by atoms with van der Waals surface area (Å²) in [6.45, 7) is 0. The molecule has 5 nitrogen and oxygen atoms in total. The zero-order valence-corrected chi connectivity index (χ0v) is 21.5. The zero-order valence-electron chi connectivity index (χ0n) is 20.0. The van der Waals surface area contributed by atoms with Gasteiger partial charge in [0.25, 0.3) is 0 Å². The highest BCUT2D eigenvalue weighted by Crippen LogP contribution is 2.49. The molecule has 0 bridgehead atoms. The van der Waals surface area contributed by atoms with Gasteiger partial charge < -0.3 is 18.9 Å². The third kappa shape index (κ3) is 3.74. The Balaban J connectivity index is 2.11. The molecule has 5 rings (SSSR count). The van der Waals surface area contributed by atoms with Gasteiger partial charge in [0, 0.05) is 34.3 Å². The predicted molar refractivity (Wildman–Crippen MR) is 142 cm³/mol. The Morgan fingerprint density at radius 2 is 0.943 bits per heavy atom. The SMILES string of the molecule is COc1cccc(OC)c1-c1c2c(OC)cccc2[n+](-c2ccc(Br)cc2)c2cccc(OC)c12. The molecule has 0 unspecified atom stereocenters. The Hall–Kier alpha value is -3.77. The number of hydrogen-bond donors (Lipinski definition) is 0. The summed E-state index contributed by atoms with van der Waals surface area (Å²) in [5.74, 6) is 2.88. The number of hydrogen-bond acceptors (Lipinski definition) is 4. The molecule has 0 saturated heterocycles. The second-order valence-electron chi connectivity index (χ2n) is 7.93. The summed E-state index contributed by atoms with van der Waals surface area (Å²) < 4.78 is 26.8. The maximum atomic E-state index is 5.93. The van der Waals surface area contributed by atoms with Gasteiger partial charge in [-0.15, -0.1) is 0 Å². The van der Waals surface area contributed by atoms with Crippen molar-refractivity contribution in [3.05, 3.63) is 83.3 Å². The fraction of sp³-hybridized carbons (Fsp3) is 0.138. The summed E-state index contributed by atoms with van der Waals surface area (Å²) in [4.78, 5) is 0. The number of pyridine rings is 1. The van der Waals surface area contributed by atoms with E-state index in [4.69, 9.17) is 18.9 Å². The maximum absolute atomic E-state index is 5.93. The van der Waals surface area contributed by atoms with Gasteiger partial charge in [-0.2, -0.15) is 4.57 Å². The molecule has 35 heavy (non-hydrogen) atoms. The maximum Gasteiger partial charge on any atom is 0.223 e. The molecule has 0 spiro atoms. The molecule has 0 atom stereocenters. The zero-order chi connectivity index (χ0) is 24.5. The van der Waals surface area contributed by atoms with Crippen LogP contribution >= 0.6 is 15.9 Å². The van der Waals surface area contributed by atoms with Crippen molar-refractivity contribution < 1.29 is 23.5 Å². The van der Waals surface area contributed by atoms with Crippen LogP contribution in [0.2, 0.25) is 0 Å². The summed E-state index contributed by atoms with van der Waals surface area (Å²) in [5, 5.41) is 1.86. The molecule has 0 saturated carbocycles. The van der Waals surface area contributed by atoms with Crippen LogP contribution in [0, 0.1) is 0 Å². The molecule has 5 aromatic rings. The lowest BCUT2D eigenvalue weighted by Gasteiger charge is -2.19. The van der Waals surface area contributed by atoms with Crippen molar-refractivity contribution in [2.24, 2.45) is 0 Å². The highest BCUT2D eigenvalue weighted by atomic mass is 79.9. The summed E-state index contributed by atoms with van der Waals surface area (Å²) in [6.07, 6.45) is 0. The van der Waals surface area contributed by atoms with Crippen LogP contribution in [-0.4, -0.2) is 28.4 Å². The summed E-state index contributed by atoms with van der Waals surface area (Å²) in [6, 6.07) is 26.2. The molecule has 4 aromatic carbocycles. The molecule has 176 valence electrons. The molecule has 0 aliphatic heterocycles. The van der Waals surface area contributed by atoms with E-state index >= 15 is 0 Å². The average Bonchev–Trinajstić information content (AvgIpc) is 2.91. The smallest absolute Gasteiger partial charge is 0.223 e. The van der Waals surface area contributed by atoms with Crippen LogP contribution in [0.25, 0.3) is 38.6 Å². The van der Waals surface area contributed by atoms with E-state index in [-0.39, 0.29) is 0 Å². The highest BCUT2D eigenvalue weighted by Gasteiger charge is 2.30. The van der Waals surface area contributed by atoms with Gasteiger partial charge in [0.1, 0.15) is 23.0 Å². The van der Waals surface area contributed by atoms with Crippen molar-refractivity contribution in [3.63, 3.8) is 0 Å². The van der Waals surface area contributed by atoms with Gasteiger partial charge in [0.05, 0.1) is 44.8 Å². The minimum atomic E-state index is 0.699. The number of halogens is 1. The topological polar surface area (TPSA) is 40.8 Å². The molecule has 0 fully saturated rings. The first-order valence-corrected chi connectivity index (χ1v) is 11.9. The first-order valence-electron chi connectivity index (χ1n) is 11.1. The lowest BCUT2D eigenvalue weighted by molar-refractivity contribution is -0.537. The van der Waals surface area contributed by atoms with Crippen molar-refractivity contribution in [1.29, 1.82) is 0 Å². The number of nitrogens with zero attached hydrogens (tertiary/aromatic N) is 1. The number of aromatic nitrogens is 1. The Kier molecular flexibility index (Phi) is 6.22. The van der Waals surface area contributed by atoms with E-state index in [1.54, 1.807) is 28.4 Å². The standard InChI is InChI=1S/C29H25BrNO4/c1-32-22-10-5-8-20-26(22)29(28-24(34-3)12-7-13-25(28)35-4)27-21(9-6-11-23(27)33-2)31(20)19-16-14-18(30)15-17-19/h5-17H,1-4H3/q+1. The van der Waals surface area contributed by atoms with Gasteiger partial charge >= 0.3 is 0 Å². The molecule has 6 heteroatoms. The normalized spacial score (nSPS) is 11.0. The first kappa shape index (κ1) is 23.0. The first-order chi connectivity index (χ1) is 17.1. The third-order valence-corrected chi connectivity index (χ3v) is 6.72. The molecular formula is C29H25BrNO4+. The largest absolute Gasteiger partial charge is 0.496 e. The Morgan fingerprint density at radius 3 is 1.40 bits per heavy atom. The van der Waals surface area contributed by atoms with Gasteiger partial charge in [0.15, 0.2) is 0 Å². The van der Waals surface area contributed by atoms with E-state index in [1.165, 1.54) is 0 Å². The van der Waals surface area contributed by atoms with Crippen LogP contribution in [0.15, 0.2) is 83.3 Å². The quantitative estimate of drug-likeness (QED) is 0.180. The van der Waals surface area contributed by atoms with Crippen LogP contribution in [0.3, 0.4) is 0 Å². The fourth-order valence-electron chi connectivity index (χ4n) is 4.73. The van der Waals surface area contributed by atoms with E-state index in [2.05, 4.69) is 44.8 Å². The number of rotatable bonds is 6. The summed E-state index contributed by atoms with van der Waals surface area (Å²) in [7, 11) is 6.72. The van der Waals surface area contributed by atoms with Gasteiger partial charge in [-0.25, -0.2) is 0 Å². The van der Waals surface area contributed by atoms with E-state index in [0.29, 0.717) is 11.5 Å². The molecule has 1 aromatic heterocycles. The molecule has 1 heterocycles. The minimum absolute atomic E-state index is 0.699. The minimum Gasteiger partial charge on any atom is -0.496 e. The second-order valence-corrected chi connectivity index (χ2v) is 8.85. The second kappa shape index (κ2) is 9.47. The van der Waals surface area contributed by atoms with E-state index < -0.39 is 0 Å². The fourth-order valence-corrected chi connectivity index (χ4v) is 4.99. The van der Waals surface area contributed by atoms with Crippen LogP contribution < -0.4 is 23.5 Å². The van der Waals surface area contributed by atoms with Crippen LogP contribution in [-0.2, 0) is 0 Å². The van der Waals surface area contributed by atoms with Gasteiger partial charge in [-0.1, -0.05) is 34.1 Å². The Bertz CT molecular complexity index is 1460. The average molecular weight is 531 g/mol. The van der Waals surface area contributed by atoms with Gasteiger partial charge in [-0.3, -0.25) is 0 Å².